The Kier molecular flexibility index (Phi) is 5.98. The maximum atomic E-state index is 13.2. The fourth-order valence-corrected chi connectivity index (χ4v) is 2.26. The molecule has 0 heterocycles. The number of rotatable bonds is 6. The highest BCUT2D eigenvalue weighted by atomic mass is 35.5. The van der Waals surface area contributed by atoms with E-state index in [4.69, 9.17) is 21.1 Å². The molecule has 1 N–H and O–H groups in total. The molecular weight excluding hydrogens is 349 g/mol. The molecule has 0 unspecified atom stereocenters. The van der Waals surface area contributed by atoms with E-state index in [2.05, 4.69) is 5.32 Å². The maximum absolute atomic E-state index is 13.2. The number of methoxy groups -OCH3 is 1. The van der Waals surface area contributed by atoms with Gasteiger partial charge in [0.05, 0.1) is 17.7 Å². The van der Waals surface area contributed by atoms with Crippen LogP contribution in [0.2, 0.25) is 5.02 Å². The van der Waals surface area contributed by atoms with Gasteiger partial charge in [0.1, 0.15) is 17.3 Å². The third kappa shape index (κ3) is 4.70. The quantitative estimate of drug-likeness (QED) is 0.783. The zero-order valence-electron chi connectivity index (χ0n) is 13.9. The number of hydrogen-bond donors (Lipinski definition) is 1. The van der Waals surface area contributed by atoms with Gasteiger partial charge in [-0.05, 0) is 44.2 Å². The first-order valence-electron chi connectivity index (χ1n) is 7.43. The number of ketones is 1. The van der Waals surface area contributed by atoms with Crippen molar-refractivity contribution in [2.24, 2.45) is 0 Å². The van der Waals surface area contributed by atoms with Gasteiger partial charge in [-0.1, -0.05) is 11.6 Å². The van der Waals surface area contributed by atoms with E-state index in [1.54, 1.807) is 12.1 Å². The van der Waals surface area contributed by atoms with E-state index in [-0.39, 0.29) is 16.6 Å². The highest BCUT2D eigenvalue weighted by Gasteiger charge is 2.19. The molecule has 0 bridgehead atoms. The first-order chi connectivity index (χ1) is 11.8. The van der Waals surface area contributed by atoms with Crippen molar-refractivity contribution >= 4 is 29.0 Å². The number of anilines is 1. The van der Waals surface area contributed by atoms with Crippen LogP contribution in [-0.2, 0) is 4.79 Å². The summed E-state index contributed by atoms with van der Waals surface area (Å²) in [7, 11) is 1.49. The molecule has 2 aromatic rings. The molecule has 1 amide bonds. The van der Waals surface area contributed by atoms with Crippen LogP contribution in [-0.4, -0.2) is 24.9 Å². The lowest BCUT2D eigenvalue weighted by Gasteiger charge is -2.17. The van der Waals surface area contributed by atoms with Crippen LogP contribution in [0.5, 0.6) is 11.5 Å². The van der Waals surface area contributed by atoms with Gasteiger partial charge in [-0.3, -0.25) is 9.59 Å². The summed E-state index contributed by atoms with van der Waals surface area (Å²) < 4.78 is 23.9. The van der Waals surface area contributed by atoms with Crippen molar-refractivity contribution in [1.82, 2.24) is 0 Å². The molecule has 1 atom stereocenters. The number of nitrogens with one attached hydrogen (secondary N) is 1. The largest absolute Gasteiger partial charge is 0.497 e. The van der Waals surface area contributed by atoms with Gasteiger partial charge >= 0.3 is 0 Å². The normalized spacial score (nSPS) is 11.6. The lowest BCUT2D eigenvalue weighted by molar-refractivity contribution is -0.122. The van der Waals surface area contributed by atoms with E-state index in [1.807, 2.05) is 0 Å². The topological polar surface area (TPSA) is 64.6 Å². The van der Waals surface area contributed by atoms with Gasteiger partial charge < -0.3 is 14.8 Å². The van der Waals surface area contributed by atoms with Crippen LogP contribution in [0.3, 0.4) is 0 Å². The Morgan fingerprint density at radius 2 is 1.92 bits per heavy atom. The smallest absolute Gasteiger partial charge is 0.265 e. The molecule has 0 aliphatic carbocycles. The second kappa shape index (κ2) is 7.98. The maximum Gasteiger partial charge on any atom is 0.265 e. The molecule has 25 heavy (non-hydrogen) atoms. The van der Waals surface area contributed by atoms with Gasteiger partial charge in [-0.2, -0.15) is 0 Å². The number of ether oxygens (including phenoxy) is 2. The molecule has 0 aromatic heterocycles. The van der Waals surface area contributed by atoms with Gasteiger partial charge in [0, 0.05) is 11.8 Å². The minimum Gasteiger partial charge on any atom is -0.497 e. The van der Waals surface area contributed by atoms with E-state index in [0.29, 0.717) is 17.0 Å². The van der Waals surface area contributed by atoms with E-state index < -0.39 is 17.8 Å². The number of halogens is 2. The molecule has 5 nitrogen and oxygen atoms in total. The fraction of sp³-hybridized carbons (Fsp3) is 0.222. The Bertz CT molecular complexity index is 810. The van der Waals surface area contributed by atoms with E-state index in [9.17, 15) is 14.0 Å². The predicted molar refractivity (Wildman–Crippen MR) is 93.1 cm³/mol. The first-order valence-corrected chi connectivity index (χ1v) is 7.81. The minimum atomic E-state index is -0.908. The zero-order valence-corrected chi connectivity index (χ0v) is 14.7. The number of hydrogen-bond acceptors (Lipinski definition) is 4. The molecule has 0 saturated carbocycles. The van der Waals surface area contributed by atoms with Crippen molar-refractivity contribution in [3.05, 3.63) is 52.8 Å². The number of benzene rings is 2. The van der Waals surface area contributed by atoms with Gasteiger partial charge in [0.2, 0.25) is 0 Å². The average Bonchev–Trinajstić information content (AvgIpc) is 2.57. The summed E-state index contributed by atoms with van der Waals surface area (Å²) in [5, 5.41) is 2.48. The van der Waals surface area contributed by atoms with Gasteiger partial charge in [-0.25, -0.2) is 4.39 Å². The summed E-state index contributed by atoms with van der Waals surface area (Å²) in [6, 6.07) is 8.58. The predicted octanol–water partition coefficient (Wildman–Crippen LogP) is 4.10. The third-order valence-electron chi connectivity index (χ3n) is 3.43. The lowest BCUT2D eigenvalue weighted by atomic mass is 10.1. The molecular formula is C18H17ClFNO4. The van der Waals surface area contributed by atoms with Crippen LogP contribution < -0.4 is 14.8 Å². The van der Waals surface area contributed by atoms with E-state index in [0.717, 1.165) is 6.07 Å². The summed E-state index contributed by atoms with van der Waals surface area (Å²) in [5.74, 6) is -0.508. The van der Waals surface area contributed by atoms with Crippen molar-refractivity contribution in [2.75, 3.05) is 12.4 Å². The molecule has 0 aliphatic heterocycles. The molecule has 0 fully saturated rings. The summed E-state index contributed by atoms with van der Waals surface area (Å²) in [6.07, 6.45) is -0.908. The lowest BCUT2D eigenvalue weighted by Crippen LogP contribution is -2.30. The second-order valence-electron chi connectivity index (χ2n) is 5.30. The van der Waals surface area contributed by atoms with Crippen molar-refractivity contribution in [3.8, 4) is 11.5 Å². The van der Waals surface area contributed by atoms with Crippen LogP contribution >= 0.6 is 11.6 Å². The monoisotopic (exact) mass is 365 g/mol. The van der Waals surface area contributed by atoms with Gasteiger partial charge in [0.15, 0.2) is 11.9 Å². The van der Waals surface area contributed by atoms with E-state index >= 15 is 0 Å². The van der Waals surface area contributed by atoms with Crippen molar-refractivity contribution < 1.29 is 23.5 Å². The Hall–Kier alpha value is -2.60. The highest BCUT2D eigenvalue weighted by Crippen LogP contribution is 2.26. The van der Waals surface area contributed by atoms with Gasteiger partial charge in [-0.15, -0.1) is 0 Å². The number of Topliss-reactive ketones (excluding diaryl/α,β-unsaturated/α-hetero) is 1. The molecule has 2 rings (SSSR count). The standard InChI is InChI=1S/C18H17ClFNO4/c1-10(22)14-6-5-13(24-3)9-17(14)25-11(2)18(23)21-12-4-7-16(20)15(19)8-12/h4-9,11H,1-3H3,(H,21,23)/t11-/m1/s1. The van der Waals surface area contributed by atoms with Crippen LogP contribution in [0.4, 0.5) is 10.1 Å². The molecule has 0 saturated heterocycles. The summed E-state index contributed by atoms with van der Waals surface area (Å²) in [6.45, 7) is 2.93. The molecule has 0 radical (unpaired) electrons. The Morgan fingerprint density at radius 1 is 1.20 bits per heavy atom. The third-order valence-corrected chi connectivity index (χ3v) is 3.72. The molecule has 2 aromatic carbocycles. The summed E-state index contributed by atoms with van der Waals surface area (Å²) in [4.78, 5) is 24.0. The zero-order chi connectivity index (χ0) is 18.6. The van der Waals surface area contributed by atoms with Crippen molar-refractivity contribution in [3.63, 3.8) is 0 Å². The van der Waals surface area contributed by atoms with E-state index in [1.165, 1.54) is 39.2 Å². The molecule has 0 aliphatic rings. The average molecular weight is 366 g/mol. The number of carbonyl (C=O) groups is 2. The summed E-state index contributed by atoms with van der Waals surface area (Å²) >= 11 is 5.69. The van der Waals surface area contributed by atoms with Crippen molar-refractivity contribution in [2.45, 2.75) is 20.0 Å². The fourth-order valence-electron chi connectivity index (χ4n) is 2.08. The van der Waals surface area contributed by atoms with Crippen LogP contribution in [0.1, 0.15) is 24.2 Å². The Labute approximate surface area is 149 Å². The first kappa shape index (κ1) is 18.7. The van der Waals surface area contributed by atoms with Crippen LogP contribution in [0.25, 0.3) is 0 Å². The number of amides is 1. The Balaban J connectivity index is 2.15. The number of carbonyl (C=O) groups excluding carboxylic acids is 2. The Morgan fingerprint density at radius 3 is 2.52 bits per heavy atom. The van der Waals surface area contributed by atoms with Crippen LogP contribution in [0, 0.1) is 5.82 Å². The molecule has 132 valence electrons. The minimum absolute atomic E-state index is 0.0990. The summed E-state index contributed by atoms with van der Waals surface area (Å²) in [5.41, 5.74) is 0.676. The second-order valence-corrected chi connectivity index (χ2v) is 5.70. The molecule has 7 heteroatoms. The van der Waals surface area contributed by atoms with Crippen LogP contribution in [0.15, 0.2) is 36.4 Å². The van der Waals surface area contributed by atoms with Crippen molar-refractivity contribution in [1.29, 1.82) is 0 Å². The van der Waals surface area contributed by atoms with Gasteiger partial charge in [0.25, 0.3) is 5.91 Å². The molecule has 0 spiro atoms. The highest BCUT2D eigenvalue weighted by molar-refractivity contribution is 6.31. The SMILES string of the molecule is COc1ccc(C(C)=O)c(O[C@H](C)C(=O)Nc2ccc(F)c(Cl)c2)c1.